The second-order valence-electron chi connectivity index (χ2n) is 5.85. The molecule has 0 spiro atoms. The molecular formula is C15H22N2O2S. The Bertz CT molecular complexity index is 565. The molecule has 0 aliphatic heterocycles. The summed E-state index contributed by atoms with van der Waals surface area (Å²) in [5.41, 5.74) is 0.688. The number of anilines is 1. The van der Waals surface area contributed by atoms with Crippen LogP contribution in [0.5, 0.6) is 0 Å². The third-order valence-corrected chi connectivity index (χ3v) is 5.61. The summed E-state index contributed by atoms with van der Waals surface area (Å²) in [4.78, 5) is 0.369. The average Bonchev–Trinajstić information content (AvgIpc) is 3.29. The highest BCUT2D eigenvalue weighted by atomic mass is 32.2. The standard InChI is InChI=1S/C15H22N2O2S/c1-2-16-13-5-3-4-6-14(13)20(18,19)17-15(11-7-8-11)12-9-10-12/h3-6,11-12,15-17H,2,7-10H2,1H3. The molecule has 110 valence electrons. The molecule has 2 saturated carbocycles. The van der Waals surface area contributed by atoms with Gasteiger partial charge in [-0.15, -0.1) is 0 Å². The number of hydrogen-bond acceptors (Lipinski definition) is 3. The number of para-hydroxylation sites is 1. The minimum Gasteiger partial charge on any atom is -0.384 e. The highest BCUT2D eigenvalue weighted by molar-refractivity contribution is 7.89. The SMILES string of the molecule is CCNc1ccccc1S(=O)(=O)NC(C1CC1)C1CC1. The van der Waals surface area contributed by atoms with Crippen LogP contribution < -0.4 is 10.0 Å². The van der Waals surface area contributed by atoms with Crippen LogP contribution in [0, 0.1) is 11.8 Å². The van der Waals surface area contributed by atoms with Gasteiger partial charge >= 0.3 is 0 Å². The summed E-state index contributed by atoms with van der Waals surface area (Å²) in [5, 5.41) is 3.13. The Kier molecular flexibility index (Phi) is 3.73. The van der Waals surface area contributed by atoms with Gasteiger partial charge in [0.25, 0.3) is 0 Å². The van der Waals surface area contributed by atoms with E-state index in [4.69, 9.17) is 0 Å². The molecule has 1 aromatic carbocycles. The predicted molar refractivity (Wildman–Crippen MR) is 80.2 cm³/mol. The number of sulfonamides is 1. The zero-order chi connectivity index (χ0) is 14.2. The van der Waals surface area contributed by atoms with Crippen molar-refractivity contribution in [1.29, 1.82) is 0 Å². The van der Waals surface area contributed by atoms with Gasteiger partial charge in [-0.1, -0.05) is 12.1 Å². The Hall–Kier alpha value is -1.07. The summed E-state index contributed by atoms with van der Waals surface area (Å²) in [6.07, 6.45) is 4.66. The van der Waals surface area contributed by atoms with E-state index in [1.54, 1.807) is 12.1 Å². The van der Waals surface area contributed by atoms with Gasteiger partial charge in [0.15, 0.2) is 0 Å². The van der Waals surface area contributed by atoms with Crippen molar-refractivity contribution in [3.05, 3.63) is 24.3 Å². The van der Waals surface area contributed by atoms with Gasteiger partial charge in [0.1, 0.15) is 4.90 Å². The number of hydrogen-bond donors (Lipinski definition) is 2. The van der Waals surface area contributed by atoms with Gasteiger partial charge in [0, 0.05) is 12.6 Å². The van der Waals surface area contributed by atoms with Crippen LogP contribution in [0.3, 0.4) is 0 Å². The largest absolute Gasteiger partial charge is 0.384 e. The van der Waals surface area contributed by atoms with Crippen molar-refractivity contribution in [2.75, 3.05) is 11.9 Å². The van der Waals surface area contributed by atoms with Crippen LogP contribution in [0.4, 0.5) is 5.69 Å². The van der Waals surface area contributed by atoms with Crippen LogP contribution in [-0.4, -0.2) is 21.0 Å². The summed E-state index contributed by atoms with van der Waals surface area (Å²) in [7, 11) is -3.43. The lowest BCUT2D eigenvalue weighted by molar-refractivity contribution is 0.471. The Labute approximate surface area is 121 Å². The first-order chi connectivity index (χ1) is 9.62. The first kappa shape index (κ1) is 13.9. The van der Waals surface area contributed by atoms with Crippen LogP contribution >= 0.6 is 0 Å². The van der Waals surface area contributed by atoms with Crippen molar-refractivity contribution in [2.24, 2.45) is 11.8 Å². The van der Waals surface area contributed by atoms with Gasteiger partial charge in [0.2, 0.25) is 10.0 Å². The molecule has 5 heteroatoms. The second kappa shape index (κ2) is 5.37. The van der Waals surface area contributed by atoms with Crippen LogP contribution in [0.2, 0.25) is 0 Å². The van der Waals surface area contributed by atoms with E-state index in [1.165, 1.54) is 25.7 Å². The zero-order valence-electron chi connectivity index (χ0n) is 11.8. The highest BCUT2D eigenvalue weighted by Gasteiger charge is 2.43. The fourth-order valence-electron chi connectivity index (χ4n) is 2.77. The van der Waals surface area contributed by atoms with E-state index in [9.17, 15) is 8.42 Å². The maximum Gasteiger partial charge on any atom is 0.242 e. The minimum absolute atomic E-state index is 0.148. The van der Waals surface area contributed by atoms with Gasteiger partial charge in [-0.25, -0.2) is 13.1 Å². The first-order valence-corrected chi connectivity index (χ1v) is 8.95. The first-order valence-electron chi connectivity index (χ1n) is 7.47. The van der Waals surface area contributed by atoms with E-state index >= 15 is 0 Å². The van der Waals surface area contributed by atoms with Crippen molar-refractivity contribution in [1.82, 2.24) is 4.72 Å². The molecular weight excluding hydrogens is 272 g/mol. The van der Waals surface area contributed by atoms with Crippen molar-refractivity contribution < 1.29 is 8.42 Å². The van der Waals surface area contributed by atoms with Crippen molar-refractivity contribution in [3.8, 4) is 0 Å². The fraction of sp³-hybridized carbons (Fsp3) is 0.600. The number of rotatable bonds is 7. The normalized spacial score (nSPS) is 19.3. The molecule has 0 atom stereocenters. The lowest BCUT2D eigenvalue weighted by atomic mass is 10.1. The van der Waals surface area contributed by atoms with Crippen molar-refractivity contribution in [2.45, 2.75) is 43.5 Å². The zero-order valence-corrected chi connectivity index (χ0v) is 12.6. The maximum atomic E-state index is 12.7. The molecule has 2 aliphatic carbocycles. The summed E-state index contributed by atoms with van der Waals surface area (Å²) in [5.74, 6) is 1.12. The van der Waals surface area contributed by atoms with Crippen LogP contribution in [-0.2, 0) is 10.0 Å². The molecule has 0 amide bonds. The third kappa shape index (κ3) is 2.99. The lowest BCUT2D eigenvalue weighted by Crippen LogP contribution is -2.38. The van der Waals surface area contributed by atoms with Crippen LogP contribution in [0.25, 0.3) is 0 Å². The van der Waals surface area contributed by atoms with Crippen LogP contribution in [0.15, 0.2) is 29.2 Å². The van der Waals surface area contributed by atoms with E-state index in [1.807, 2.05) is 19.1 Å². The minimum atomic E-state index is -3.43. The van der Waals surface area contributed by atoms with E-state index < -0.39 is 10.0 Å². The second-order valence-corrected chi connectivity index (χ2v) is 7.53. The Morgan fingerprint density at radius 2 is 1.75 bits per heavy atom. The molecule has 2 aliphatic rings. The maximum absolute atomic E-state index is 12.7. The monoisotopic (exact) mass is 294 g/mol. The van der Waals surface area contributed by atoms with Crippen LogP contribution in [0.1, 0.15) is 32.6 Å². The van der Waals surface area contributed by atoms with Gasteiger partial charge in [0.05, 0.1) is 5.69 Å². The molecule has 0 saturated heterocycles. The van der Waals surface area contributed by atoms with Gasteiger partial charge < -0.3 is 5.32 Å². The molecule has 3 rings (SSSR count). The molecule has 0 radical (unpaired) electrons. The van der Waals surface area contributed by atoms with E-state index in [2.05, 4.69) is 10.0 Å². The van der Waals surface area contributed by atoms with E-state index in [-0.39, 0.29) is 6.04 Å². The quantitative estimate of drug-likeness (QED) is 0.812. The predicted octanol–water partition coefficient (Wildman–Crippen LogP) is 2.59. The molecule has 4 nitrogen and oxygen atoms in total. The summed E-state index contributed by atoms with van der Waals surface area (Å²) >= 11 is 0. The molecule has 1 aromatic rings. The van der Waals surface area contributed by atoms with Crippen molar-refractivity contribution in [3.63, 3.8) is 0 Å². The Morgan fingerprint density at radius 3 is 2.30 bits per heavy atom. The Morgan fingerprint density at radius 1 is 1.15 bits per heavy atom. The number of benzene rings is 1. The lowest BCUT2D eigenvalue weighted by Gasteiger charge is -2.19. The summed E-state index contributed by atoms with van der Waals surface area (Å²) < 4.78 is 28.3. The van der Waals surface area contributed by atoms with Gasteiger partial charge in [-0.3, -0.25) is 0 Å². The van der Waals surface area contributed by atoms with Gasteiger partial charge in [-0.05, 0) is 56.6 Å². The molecule has 0 unspecified atom stereocenters. The Balaban J connectivity index is 1.83. The topological polar surface area (TPSA) is 58.2 Å². The van der Waals surface area contributed by atoms with Gasteiger partial charge in [-0.2, -0.15) is 0 Å². The molecule has 20 heavy (non-hydrogen) atoms. The molecule has 0 aromatic heterocycles. The number of nitrogens with one attached hydrogen (secondary N) is 2. The average molecular weight is 294 g/mol. The summed E-state index contributed by atoms with van der Waals surface area (Å²) in [6, 6.07) is 7.28. The van der Waals surface area contributed by atoms with E-state index in [0.717, 1.165) is 0 Å². The molecule has 0 bridgehead atoms. The molecule has 0 heterocycles. The molecule has 2 N–H and O–H groups in total. The smallest absolute Gasteiger partial charge is 0.242 e. The molecule has 2 fully saturated rings. The fourth-order valence-corrected chi connectivity index (χ4v) is 4.33. The van der Waals surface area contributed by atoms with E-state index in [0.29, 0.717) is 29.0 Å². The third-order valence-electron chi connectivity index (χ3n) is 4.09. The highest BCUT2D eigenvalue weighted by Crippen LogP contribution is 2.45. The summed E-state index contributed by atoms with van der Waals surface area (Å²) in [6.45, 7) is 2.68. The van der Waals surface area contributed by atoms with Crippen molar-refractivity contribution >= 4 is 15.7 Å².